The number of aryl methyl sites for hydroxylation is 3. The largest absolute Gasteiger partial charge is 0.352 e. The van der Waals surface area contributed by atoms with Crippen LogP contribution in [0.25, 0.3) is 0 Å². The number of nitrogens with one attached hydrogen (secondary N) is 1. The van der Waals surface area contributed by atoms with Crippen molar-refractivity contribution in [2.75, 3.05) is 5.75 Å². The second-order valence-electron chi connectivity index (χ2n) is 10.0. The van der Waals surface area contributed by atoms with E-state index in [2.05, 4.69) is 56.4 Å². The summed E-state index contributed by atoms with van der Waals surface area (Å²) in [5.41, 5.74) is 6.90. The molecule has 2 amide bonds. The van der Waals surface area contributed by atoms with Crippen molar-refractivity contribution in [3.63, 3.8) is 0 Å². The van der Waals surface area contributed by atoms with Gasteiger partial charge in [-0.15, -0.1) is 11.8 Å². The smallest absolute Gasteiger partial charge is 0.243 e. The predicted octanol–water partition coefficient (Wildman–Crippen LogP) is 6.40. The molecule has 0 spiro atoms. The third-order valence-corrected chi connectivity index (χ3v) is 7.51. The quantitative estimate of drug-likeness (QED) is 0.303. The molecule has 0 bridgehead atoms. The third-order valence-electron chi connectivity index (χ3n) is 6.52. The fraction of sp³-hybridized carbons (Fsp3) is 0.375. The van der Waals surface area contributed by atoms with Crippen LogP contribution in [-0.4, -0.2) is 34.6 Å². The van der Waals surface area contributed by atoms with E-state index in [0.717, 1.165) is 23.3 Å². The van der Waals surface area contributed by atoms with Gasteiger partial charge < -0.3 is 10.2 Å². The lowest BCUT2D eigenvalue weighted by Crippen LogP contribution is -2.52. The number of carbonyl (C=O) groups excluding carboxylic acids is 2. The van der Waals surface area contributed by atoms with Gasteiger partial charge >= 0.3 is 0 Å². The summed E-state index contributed by atoms with van der Waals surface area (Å²) in [6.45, 7) is 10.7. The van der Waals surface area contributed by atoms with Crippen molar-refractivity contribution < 1.29 is 9.59 Å². The van der Waals surface area contributed by atoms with E-state index in [4.69, 9.17) is 0 Å². The molecule has 0 fully saturated rings. The van der Waals surface area contributed by atoms with Crippen LogP contribution in [0.2, 0.25) is 0 Å². The lowest BCUT2D eigenvalue weighted by molar-refractivity contribution is -0.139. The lowest BCUT2D eigenvalue weighted by Gasteiger charge is -2.32. The molecule has 1 N–H and O–H groups in total. The van der Waals surface area contributed by atoms with Crippen LogP contribution in [0.3, 0.4) is 0 Å². The van der Waals surface area contributed by atoms with Crippen LogP contribution in [-0.2, 0) is 28.3 Å². The molecule has 2 atom stereocenters. The minimum absolute atomic E-state index is 0.0183. The van der Waals surface area contributed by atoms with Crippen molar-refractivity contribution in [2.45, 2.75) is 71.8 Å². The Balaban J connectivity index is 1.85. The maximum Gasteiger partial charge on any atom is 0.243 e. The monoisotopic (exact) mass is 516 g/mol. The Labute approximate surface area is 226 Å². The van der Waals surface area contributed by atoms with Crippen LogP contribution < -0.4 is 5.32 Å². The fourth-order valence-electron chi connectivity index (χ4n) is 4.38. The van der Waals surface area contributed by atoms with Crippen molar-refractivity contribution in [3.05, 3.63) is 106 Å². The van der Waals surface area contributed by atoms with Crippen molar-refractivity contribution in [2.24, 2.45) is 0 Å². The number of nitrogens with zero attached hydrogens (tertiary/aromatic N) is 1. The molecule has 4 nitrogen and oxygen atoms in total. The Bertz CT molecular complexity index is 1140. The van der Waals surface area contributed by atoms with Gasteiger partial charge in [-0.3, -0.25) is 9.59 Å². The van der Waals surface area contributed by atoms with Crippen LogP contribution >= 0.6 is 11.8 Å². The second kappa shape index (κ2) is 14.0. The predicted molar refractivity (Wildman–Crippen MR) is 156 cm³/mol. The van der Waals surface area contributed by atoms with E-state index in [0.29, 0.717) is 18.7 Å². The molecule has 196 valence electrons. The summed E-state index contributed by atoms with van der Waals surface area (Å²) in [6.07, 6.45) is 1.31. The van der Waals surface area contributed by atoms with Crippen LogP contribution in [0.1, 0.15) is 53.6 Å². The highest BCUT2D eigenvalue weighted by atomic mass is 32.2. The van der Waals surface area contributed by atoms with Crippen molar-refractivity contribution in [3.8, 4) is 0 Å². The van der Waals surface area contributed by atoms with E-state index in [1.165, 1.54) is 22.3 Å². The first kappa shape index (κ1) is 28.5. The van der Waals surface area contributed by atoms with E-state index >= 15 is 0 Å². The molecule has 3 aromatic rings. The minimum atomic E-state index is -0.591. The van der Waals surface area contributed by atoms with Gasteiger partial charge in [-0.25, -0.2) is 0 Å². The fourth-order valence-corrected chi connectivity index (χ4v) is 5.22. The molecule has 0 unspecified atom stereocenters. The highest BCUT2D eigenvalue weighted by Gasteiger charge is 2.30. The molecule has 5 heteroatoms. The number of hydrogen-bond donors (Lipinski definition) is 1. The zero-order valence-electron chi connectivity index (χ0n) is 22.8. The van der Waals surface area contributed by atoms with E-state index in [1.54, 1.807) is 16.7 Å². The molecular weight excluding hydrogens is 476 g/mol. The summed E-state index contributed by atoms with van der Waals surface area (Å²) < 4.78 is 0. The molecule has 0 aromatic heterocycles. The van der Waals surface area contributed by atoms with Crippen molar-refractivity contribution in [1.82, 2.24) is 10.2 Å². The van der Waals surface area contributed by atoms with Gasteiger partial charge in [0.25, 0.3) is 0 Å². The zero-order valence-corrected chi connectivity index (χ0v) is 23.6. The topological polar surface area (TPSA) is 49.4 Å². The Kier molecular flexibility index (Phi) is 10.8. The van der Waals surface area contributed by atoms with E-state index in [-0.39, 0.29) is 17.9 Å². The summed E-state index contributed by atoms with van der Waals surface area (Å²) in [6, 6.07) is 24.1. The molecule has 0 saturated heterocycles. The molecular formula is C32H40N2O2S. The second-order valence-corrected chi connectivity index (χ2v) is 11.0. The van der Waals surface area contributed by atoms with Crippen LogP contribution in [0, 0.1) is 20.8 Å². The molecule has 0 aliphatic carbocycles. The lowest BCUT2D eigenvalue weighted by atomic mass is 10.0. The van der Waals surface area contributed by atoms with Gasteiger partial charge in [0.05, 0.1) is 5.75 Å². The molecule has 0 saturated carbocycles. The molecule has 0 heterocycles. The Hall–Kier alpha value is -3.05. The molecule has 3 aromatic carbocycles. The van der Waals surface area contributed by atoms with E-state index in [9.17, 15) is 9.59 Å². The summed E-state index contributed by atoms with van der Waals surface area (Å²) in [7, 11) is 0. The first-order valence-corrected chi connectivity index (χ1v) is 14.2. The normalized spacial score (nSPS) is 12.6. The number of rotatable bonds is 12. The molecule has 0 radical (unpaired) electrons. The van der Waals surface area contributed by atoms with Gasteiger partial charge in [0, 0.05) is 24.8 Å². The van der Waals surface area contributed by atoms with Gasteiger partial charge in [0.15, 0.2) is 0 Å². The summed E-state index contributed by atoms with van der Waals surface area (Å²) in [5, 5.41) is 3.13. The van der Waals surface area contributed by atoms with Gasteiger partial charge in [-0.1, -0.05) is 96.4 Å². The van der Waals surface area contributed by atoms with Gasteiger partial charge in [0.2, 0.25) is 11.8 Å². The van der Waals surface area contributed by atoms with Gasteiger partial charge in [-0.05, 0) is 50.8 Å². The molecule has 3 rings (SSSR count). The molecule has 0 aliphatic rings. The Morgan fingerprint density at radius 3 is 2.11 bits per heavy atom. The van der Waals surface area contributed by atoms with Crippen LogP contribution in [0.5, 0.6) is 0 Å². The highest BCUT2D eigenvalue weighted by Crippen LogP contribution is 2.20. The third kappa shape index (κ3) is 9.08. The molecule has 37 heavy (non-hydrogen) atoms. The first-order valence-electron chi connectivity index (χ1n) is 13.1. The minimum Gasteiger partial charge on any atom is -0.352 e. The van der Waals surface area contributed by atoms with Crippen LogP contribution in [0.4, 0.5) is 0 Å². The summed E-state index contributed by atoms with van der Waals surface area (Å²) in [5.74, 6) is 0.962. The number of amides is 2. The average Bonchev–Trinajstić information content (AvgIpc) is 2.87. The number of hydrogen-bond acceptors (Lipinski definition) is 3. The Morgan fingerprint density at radius 2 is 1.49 bits per heavy atom. The highest BCUT2D eigenvalue weighted by molar-refractivity contribution is 7.99. The summed E-state index contributed by atoms with van der Waals surface area (Å²) in [4.78, 5) is 29.1. The number of carbonyl (C=O) groups is 2. The summed E-state index contributed by atoms with van der Waals surface area (Å²) >= 11 is 1.60. The van der Waals surface area contributed by atoms with Gasteiger partial charge in [-0.2, -0.15) is 0 Å². The van der Waals surface area contributed by atoms with E-state index in [1.807, 2.05) is 56.3 Å². The van der Waals surface area contributed by atoms with E-state index < -0.39 is 6.04 Å². The maximum absolute atomic E-state index is 13.8. The average molecular weight is 517 g/mol. The van der Waals surface area contributed by atoms with Crippen LogP contribution in [0.15, 0.2) is 72.8 Å². The van der Waals surface area contributed by atoms with Crippen molar-refractivity contribution in [1.29, 1.82) is 0 Å². The number of benzene rings is 3. The van der Waals surface area contributed by atoms with Crippen molar-refractivity contribution >= 4 is 23.6 Å². The first-order chi connectivity index (χ1) is 17.7. The SMILES string of the molecule is CC[C@@H](C)NC(=O)[C@@H](Cc1ccccc1)N(Cc1ccc(C)cc1)C(=O)CSCc1cc(C)cc(C)c1. The van der Waals surface area contributed by atoms with Gasteiger partial charge in [0.1, 0.15) is 6.04 Å². The standard InChI is InChI=1S/C32H40N2O2S/c1-6-26(5)33-32(36)30(19-27-10-8-7-9-11-27)34(20-28-14-12-23(2)13-15-28)31(35)22-37-21-29-17-24(3)16-25(4)18-29/h7-18,26,30H,6,19-22H2,1-5H3,(H,33,36)/t26-,30-/m1/s1. The maximum atomic E-state index is 13.8. The number of thioether (sulfide) groups is 1. The Morgan fingerprint density at radius 1 is 0.838 bits per heavy atom. The zero-order chi connectivity index (χ0) is 26.8. The molecule has 0 aliphatic heterocycles.